The van der Waals surface area contributed by atoms with E-state index in [1.165, 1.54) is 6.20 Å². The quantitative estimate of drug-likeness (QED) is 0.657. The summed E-state index contributed by atoms with van der Waals surface area (Å²) < 4.78 is 45.8. The molecule has 0 fully saturated rings. The van der Waals surface area contributed by atoms with Gasteiger partial charge in [0.2, 0.25) is 11.8 Å². The minimum Gasteiger partial charge on any atom is -0.416 e. The Hall–Kier alpha value is -2.56. The van der Waals surface area contributed by atoms with Crippen LogP contribution in [0.3, 0.4) is 0 Å². The van der Waals surface area contributed by atoms with Gasteiger partial charge in [-0.15, -0.1) is 10.2 Å². The molecule has 1 amide bonds. The van der Waals surface area contributed by atoms with Crippen LogP contribution in [-0.4, -0.2) is 38.0 Å². The van der Waals surface area contributed by atoms with E-state index in [9.17, 15) is 18.0 Å². The predicted molar refractivity (Wildman–Crippen MR) is 87.5 cm³/mol. The zero-order valence-electron chi connectivity index (χ0n) is 13.6. The molecule has 138 valence electrons. The molecule has 3 rings (SSSR count). The second kappa shape index (κ2) is 7.36. The number of halogens is 3. The number of hydrogen-bond acceptors (Lipinski definition) is 6. The van der Waals surface area contributed by atoms with Gasteiger partial charge in [0.15, 0.2) is 0 Å². The highest BCUT2D eigenvalue weighted by atomic mass is 32.2. The molecule has 0 atom stereocenters. The maximum absolute atomic E-state index is 13.2. The van der Waals surface area contributed by atoms with Crippen LogP contribution in [-0.2, 0) is 17.5 Å². The summed E-state index contributed by atoms with van der Waals surface area (Å²) in [7, 11) is 0. The van der Waals surface area contributed by atoms with Crippen molar-refractivity contribution in [2.24, 2.45) is 0 Å². The number of thioether (sulfide) groups is 1. The fraction of sp³-hybridized carbons (Fsp3) is 0.333. The van der Waals surface area contributed by atoms with E-state index < -0.39 is 11.9 Å². The zero-order chi connectivity index (χ0) is 18.7. The molecule has 26 heavy (non-hydrogen) atoms. The normalized spacial score (nSPS) is 11.8. The van der Waals surface area contributed by atoms with Gasteiger partial charge in [0.25, 0.3) is 5.22 Å². The first-order valence-electron chi connectivity index (χ1n) is 7.55. The molecule has 0 aliphatic rings. The van der Waals surface area contributed by atoms with Gasteiger partial charge in [-0.25, -0.2) is 4.98 Å². The Morgan fingerprint density at radius 2 is 2.19 bits per heavy atom. The van der Waals surface area contributed by atoms with Crippen molar-refractivity contribution in [1.29, 1.82) is 0 Å². The third-order valence-corrected chi connectivity index (χ3v) is 4.26. The van der Waals surface area contributed by atoms with E-state index in [0.29, 0.717) is 11.3 Å². The predicted octanol–water partition coefficient (Wildman–Crippen LogP) is 2.66. The first kappa shape index (κ1) is 18.2. The third kappa shape index (κ3) is 4.15. The van der Waals surface area contributed by atoms with Crippen LogP contribution < -0.4 is 5.32 Å². The number of aryl methyl sites for hydroxylation is 1. The summed E-state index contributed by atoms with van der Waals surface area (Å²) >= 11 is 1.06. The number of aromatic nitrogens is 4. The van der Waals surface area contributed by atoms with Crippen molar-refractivity contribution >= 4 is 28.7 Å². The molecule has 0 spiro atoms. The van der Waals surface area contributed by atoms with E-state index in [2.05, 4.69) is 20.5 Å². The molecule has 11 heteroatoms. The van der Waals surface area contributed by atoms with Crippen LogP contribution >= 0.6 is 11.8 Å². The van der Waals surface area contributed by atoms with Crippen LogP contribution in [0.15, 0.2) is 34.0 Å². The van der Waals surface area contributed by atoms with Gasteiger partial charge in [0.05, 0.1) is 5.75 Å². The standard InChI is InChI=1S/C15H14F3N5O2S/c1-9-21-22-14(25-9)26-8-12(24)19-5-6-23-11(15(16,17)18)7-10-3-2-4-20-13(10)23/h2-4,7H,5-6,8H2,1H3,(H,19,24). The number of carbonyl (C=O) groups excluding carboxylic acids is 1. The fourth-order valence-electron chi connectivity index (χ4n) is 2.37. The lowest BCUT2D eigenvalue weighted by Crippen LogP contribution is -2.29. The molecular formula is C15H14F3N5O2S. The van der Waals surface area contributed by atoms with Crippen molar-refractivity contribution in [2.75, 3.05) is 12.3 Å². The molecule has 0 bridgehead atoms. The van der Waals surface area contributed by atoms with Gasteiger partial charge in [-0.05, 0) is 18.2 Å². The number of pyridine rings is 1. The van der Waals surface area contributed by atoms with Gasteiger partial charge in [-0.1, -0.05) is 11.8 Å². The highest BCUT2D eigenvalue weighted by Gasteiger charge is 2.35. The van der Waals surface area contributed by atoms with Crippen molar-refractivity contribution in [2.45, 2.75) is 24.9 Å². The van der Waals surface area contributed by atoms with E-state index in [1.54, 1.807) is 19.1 Å². The number of fused-ring (bicyclic) bond motifs is 1. The summed E-state index contributed by atoms with van der Waals surface area (Å²) in [5, 5.41) is 10.6. The molecule has 3 aromatic rings. The Labute approximate surface area is 150 Å². The van der Waals surface area contributed by atoms with Crippen LogP contribution in [0, 0.1) is 6.92 Å². The highest BCUT2D eigenvalue weighted by molar-refractivity contribution is 7.99. The first-order chi connectivity index (χ1) is 12.3. The molecule has 0 saturated heterocycles. The van der Waals surface area contributed by atoms with Gasteiger partial charge in [-0.2, -0.15) is 13.2 Å². The van der Waals surface area contributed by atoms with E-state index in [-0.39, 0.29) is 35.6 Å². The van der Waals surface area contributed by atoms with Crippen molar-refractivity contribution in [1.82, 2.24) is 25.1 Å². The smallest absolute Gasteiger partial charge is 0.416 e. The lowest BCUT2D eigenvalue weighted by Gasteiger charge is -2.13. The molecule has 0 aliphatic carbocycles. The van der Waals surface area contributed by atoms with Crippen molar-refractivity contribution in [3.8, 4) is 0 Å². The second-order valence-corrected chi connectivity index (χ2v) is 6.25. The Kier molecular flexibility index (Phi) is 5.16. The van der Waals surface area contributed by atoms with E-state index in [4.69, 9.17) is 4.42 Å². The second-order valence-electron chi connectivity index (χ2n) is 5.32. The molecule has 0 unspecified atom stereocenters. The van der Waals surface area contributed by atoms with Crippen LogP contribution in [0.4, 0.5) is 13.2 Å². The number of hydrogen-bond donors (Lipinski definition) is 1. The Morgan fingerprint density at radius 1 is 1.38 bits per heavy atom. The molecule has 1 N–H and O–H groups in total. The van der Waals surface area contributed by atoms with Crippen molar-refractivity contribution in [3.63, 3.8) is 0 Å². The van der Waals surface area contributed by atoms with Crippen LogP contribution in [0.2, 0.25) is 0 Å². The lowest BCUT2D eigenvalue weighted by molar-refractivity contribution is -0.143. The number of rotatable bonds is 6. The van der Waals surface area contributed by atoms with Crippen molar-refractivity contribution in [3.05, 3.63) is 36.0 Å². The number of nitrogens with zero attached hydrogens (tertiary/aromatic N) is 4. The van der Waals surface area contributed by atoms with E-state index in [0.717, 1.165) is 22.4 Å². The van der Waals surface area contributed by atoms with E-state index >= 15 is 0 Å². The van der Waals surface area contributed by atoms with Gasteiger partial charge in [0, 0.05) is 31.6 Å². The summed E-state index contributed by atoms with van der Waals surface area (Å²) in [6, 6.07) is 4.19. The Bertz CT molecular complexity index is 922. The minimum atomic E-state index is -4.50. The average Bonchev–Trinajstić information content (AvgIpc) is 3.17. The topological polar surface area (TPSA) is 85.8 Å². The number of nitrogens with one attached hydrogen (secondary N) is 1. The SMILES string of the molecule is Cc1nnc(SCC(=O)NCCn2c(C(F)(F)F)cc3cccnc32)o1. The van der Waals surface area contributed by atoms with Gasteiger partial charge < -0.3 is 14.3 Å². The zero-order valence-corrected chi connectivity index (χ0v) is 14.4. The largest absolute Gasteiger partial charge is 0.431 e. The summed E-state index contributed by atoms with van der Waals surface area (Å²) in [6.07, 6.45) is -3.07. The number of alkyl halides is 3. The Morgan fingerprint density at radius 3 is 2.88 bits per heavy atom. The monoisotopic (exact) mass is 385 g/mol. The van der Waals surface area contributed by atoms with Gasteiger partial charge in [0.1, 0.15) is 11.3 Å². The summed E-state index contributed by atoms with van der Waals surface area (Å²) in [5.74, 6) is 0.0710. The maximum atomic E-state index is 13.2. The van der Waals surface area contributed by atoms with Crippen LogP contribution in [0.5, 0.6) is 0 Å². The van der Waals surface area contributed by atoms with Gasteiger partial charge >= 0.3 is 6.18 Å². The molecule has 7 nitrogen and oxygen atoms in total. The molecule has 0 radical (unpaired) electrons. The molecular weight excluding hydrogens is 371 g/mol. The third-order valence-electron chi connectivity index (χ3n) is 3.44. The first-order valence-corrected chi connectivity index (χ1v) is 8.54. The minimum absolute atomic E-state index is 0.0262. The highest BCUT2D eigenvalue weighted by Crippen LogP contribution is 2.33. The maximum Gasteiger partial charge on any atom is 0.431 e. The lowest BCUT2D eigenvalue weighted by atomic mass is 10.3. The summed E-state index contributed by atoms with van der Waals surface area (Å²) in [5.41, 5.74) is -0.569. The van der Waals surface area contributed by atoms with Crippen molar-refractivity contribution < 1.29 is 22.4 Å². The van der Waals surface area contributed by atoms with Crippen LogP contribution in [0.1, 0.15) is 11.6 Å². The molecule has 0 saturated carbocycles. The van der Waals surface area contributed by atoms with Crippen LogP contribution in [0.25, 0.3) is 11.0 Å². The van der Waals surface area contributed by atoms with E-state index in [1.807, 2.05) is 0 Å². The molecule has 3 heterocycles. The molecule has 0 aromatic carbocycles. The average molecular weight is 385 g/mol. The summed E-state index contributed by atoms with van der Waals surface area (Å²) in [6.45, 7) is 1.61. The Balaban J connectivity index is 1.61. The molecule has 3 aromatic heterocycles. The fourth-order valence-corrected chi connectivity index (χ4v) is 3.01. The number of amides is 1. The number of carbonyl (C=O) groups is 1. The van der Waals surface area contributed by atoms with Gasteiger partial charge in [-0.3, -0.25) is 4.79 Å². The molecule has 0 aliphatic heterocycles. The summed E-state index contributed by atoms with van der Waals surface area (Å²) in [4.78, 5) is 15.8.